The fraction of sp³-hybridized carbons (Fsp3) is 0.111. The first-order chi connectivity index (χ1) is 15.8. The van der Waals surface area contributed by atoms with Gasteiger partial charge >= 0.3 is 0 Å². The number of rotatable bonds is 6. The van der Waals surface area contributed by atoms with Gasteiger partial charge in [-0.05, 0) is 30.2 Å². The Labute approximate surface area is 187 Å². The third kappa shape index (κ3) is 3.69. The monoisotopic (exact) mass is 420 g/mol. The molecule has 0 saturated heterocycles. The lowest BCUT2D eigenvalue weighted by Gasteiger charge is -2.06. The second-order valence-electron chi connectivity index (χ2n) is 7.58. The van der Waals surface area contributed by atoms with E-state index in [0.29, 0.717) is 0 Å². The number of nitrogens with one attached hydrogen (secondary N) is 2. The zero-order chi connectivity index (χ0) is 21.9. The minimum absolute atomic E-state index is 0.780. The van der Waals surface area contributed by atoms with Crippen molar-refractivity contribution in [3.8, 4) is 51.0 Å². The fourth-order valence-electron chi connectivity index (χ4n) is 3.96. The summed E-state index contributed by atoms with van der Waals surface area (Å²) in [5.74, 6) is 2.46. The predicted octanol–water partition coefficient (Wildman–Crippen LogP) is 6.37. The highest BCUT2D eigenvalue weighted by Gasteiger charge is 2.12. The van der Waals surface area contributed by atoms with Crippen molar-refractivity contribution in [2.75, 3.05) is 7.11 Å². The Bertz CT molecular complexity index is 1260. The zero-order valence-electron chi connectivity index (χ0n) is 18.1. The van der Waals surface area contributed by atoms with Crippen LogP contribution in [0.25, 0.3) is 45.3 Å². The molecule has 0 aliphatic heterocycles. The van der Waals surface area contributed by atoms with Crippen LogP contribution in [0.4, 0.5) is 0 Å². The Hall–Kier alpha value is -4.12. The third-order valence-corrected chi connectivity index (χ3v) is 5.65. The van der Waals surface area contributed by atoms with E-state index in [1.165, 1.54) is 5.56 Å². The van der Waals surface area contributed by atoms with E-state index in [1.807, 2.05) is 36.7 Å². The van der Waals surface area contributed by atoms with Crippen molar-refractivity contribution in [2.24, 2.45) is 0 Å². The summed E-state index contributed by atoms with van der Waals surface area (Å²) in [5.41, 5.74) is 7.42. The summed E-state index contributed by atoms with van der Waals surface area (Å²) in [5, 5.41) is 0. The van der Waals surface area contributed by atoms with Gasteiger partial charge in [-0.2, -0.15) is 0 Å². The van der Waals surface area contributed by atoms with Gasteiger partial charge in [-0.15, -0.1) is 0 Å². The zero-order valence-corrected chi connectivity index (χ0v) is 18.1. The van der Waals surface area contributed by atoms with Gasteiger partial charge in [0.15, 0.2) is 0 Å². The highest BCUT2D eigenvalue weighted by Crippen LogP contribution is 2.31. The summed E-state index contributed by atoms with van der Waals surface area (Å²) in [4.78, 5) is 16.1. The number of aryl methyl sites for hydroxylation is 1. The van der Waals surface area contributed by atoms with Crippen LogP contribution in [0.15, 0.2) is 85.2 Å². The van der Waals surface area contributed by atoms with E-state index >= 15 is 0 Å². The molecule has 5 aromatic rings. The number of para-hydroxylation sites is 1. The van der Waals surface area contributed by atoms with E-state index in [1.54, 1.807) is 7.11 Å². The van der Waals surface area contributed by atoms with Gasteiger partial charge in [0.1, 0.15) is 17.4 Å². The Morgan fingerprint density at radius 2 is 1.31 bits per heavy atom. The molecule has 5 rings (SSSR count). The molecule has 0 fully saturated rings. The molecule has 5 nitrogen and oxygen atoms in total. The van der Waals surface area contributed by atoms with Gasteiger partial charge in [0.05, 0.1) is 36.5 Å². The van der Waals surface area contributed by atoms with Gasteiger partial charge in [-0.1, -0.05) is 61.5 Å². The van der Waals surface area contributed by atoms with Gasteiger partial charge in [0, 0.05) is 16.7 Å². The van der Waals surface area contributed by atoms with Crippen molar-refractivity contribution < 1.29 is 4.74 Å². The number of hydrogen-bond acceptors (Lipinski definition) is 3. The van der Waals surface area contributed by atoms with Crippen LogP contribution in [0.3, 0.4) is 0 Å². The minimum Gasteiger partial charge on any atom is -0.496 e. The van der Waals surface area contributed by atoms with Crippen LogP contribution in [0.1, 0.15) is 12.5 Å². The maximum absolute atomic E-state index is 5.48. The molecule has 0 aliphatic carbocycles. The van der Waals surface area contributed by atoms with E-state index < -0.39 is 0 Å². The lowest BCUT2D eigenvalue weighted by atomic mass is 10.0. The molecule has 0 saturated carbocycles. The third-order valence-electron chi connectivity index (χ3n) is 5.65. The first-order valence-electron chi connectivity index (χ1n) is 10.7. The standard InChI is InChI=1S/C27H24N4O/c1-3-18-9-4-5-12-21(18)26-28-16-23(30-26)19-10-8-11-20(15-19)24-17-29-27(31-24)22-13-6-7-14-25(22)32-2/h4-17H,3H2,1-2H3,(H,28,30)(H,29,31). The van der Waals surface area contributed by atoms with E-state index in [0.717, 1.165) is 57.5 Å². The highest BCUT2D eigenvalue weighted by atomic mass is 16.5. The smallest absolute Gasteiger partial charge is 0.141 e. The molecule has 32 heavy (non-hydrogen) atoms. The summed E-state index contributed by atoms with van der Waals surface area (Å²) >= 11 is 0. The second kappa shape index (κ2) is 8.55. The Morgan fingerprint density at radius 3 is 1.97 bits per heavy atom. The largest absolute Gasteiger partial charge is 0.496 e. The molecule has 0 spiro atoms. The molecule has 0 atom stereocenters. The lowest BCUT2D eigenvalue weighted by molar-refractivity contribution is 0.416. The molecule has 2 aromatic heterocycles. The Kier molecular flexibility index (Phi) is 5.30. The SMILES string of the molecule is CCc1ccccc1-c1ncc(-c2cccc(-c3cnc(-c4ccccc4OC)[nH]3)c2)[nH]1. The summed E-state index contributed by atoms with van der Waals surface area (Å²) in [6, 6.07) is 24.6. The topological polar surface area (TPSA) is 66.6 Å². The van der Waals surface area contributed by atoms with E-state index in [9.17, 15) is 0 Å². The van der Waals surface area contributed by atoms with Crippen molar-refractivity contribution >= 4 is 0 Å². The van der Waals surface area contributed by atoms with Gasteiger partial charge < -0.3 is 14.7 Å². The molecule has 2 N–H and O–H groups in total. The number of methoxy groups -OCH3 is 1. The predicted molar refractivity (Wildman–Crippen MR) is 128 cm³/mol. The molecule has 5 heteroatoms. The number of imidazole rings is 2. The van der Waals surface area contributed by atoms with Gasteiger partial charge in [0.25, 0.3) is 0 Å². The summed E-state index contributed by atoms with van der Waals surface area (Å²) < 4.78 is 5.48. The van der Waals surface area contributed by atoms with Crippen molar-refractivity contribution in [3.63, 3.8) is 0 Å². The molecular formula is C27H24N4O. The number of aromatic amines is 2. The van der Waals surface area contributed by atoms with E-state index in [4.69, 9.17) is 4.74 Å². The van der Waals surface area contributed by atoms with Gasteiger partial charge in [-0.3, -0.25) is 0 Å². The maximum atomic E-state index is 5.48. The number of H-pyrrole nitrogens is 2. The van der Waals surface area contributed by atoms with Crippen LogP contribution in [-0.2, 0) is 6.42 Å². The van der Waals surface area contributed by atoms with Crippen LogP contribution < -0.4 is 4.74 Å². The minimum atomic E-state index is 0.780. The van der Waals surface area contributed by atoms with Crippen LogP contribution in [0.2, 0.25) is 0 Å². The molecule has 0 aliphatic rings. The Balaban J connectivity index is 1.47. The summed E-state index contributed by atoms with van der Waals surface area (Å²) in [6.07, 6.45) is 4.72. The average molecular weight is 421 g/mol. The maximum Gasteiger partial charge on any atom is 0.141 e. The van der Waals surface area contributed by atoms with Crippen molar-refractivity contribution in [3.05, 3.63) is 90.8 Å². The molecule has 3 aromatic carbocycles. The molecule has 0 bridgehead atoms. The summed E-state index contributed by atoms with van der Waals surface area (Å²) in [6.45, 7) is 2.16. The van der Waals surface area contributed by atoms with Crippen LogP contribution in [0, 0.1) is 0 Å². The quantitative estimate of drug-likeness (QED) is 0.335. The fourth-order valence-corrected chi connectivity index (χ4v) is 3.96. The first kappa shape index (κ1) is 19.8. The van der Waals surface area contributed by atoms with Crippen LogP contribution in [-0.4, -0.2) is 27.0 Å². The second-order valence-corrected chi connectivity index (χ2v) is 7.58. The first-order valence-corrected chi connectivity index (χ1v) is 10.7. The molecule has 0 radical (unpaired) electrons. The van der Waals surface area contributed by atoms with Crippen molar-refractivity contribution in [1.29, 1.82) is 0 Å². The van der Waals surface area contributed by atoms with E-state index in [-0.39, 0.29) is 0 Å². The van der Waals surface area contributed by atoms with E-state index in [2.05, 4.69) is 75.4 Å². The van der Waals surface area contributed by atoms with Gasteiger partial charge in [0.2, 0.25) is 0 Å². The number of aromatic nitrogens is 4. The molecular weight excluding hydrogens is 396 g/mol. The summed E-state index contributed by atoms with van der Waals surface area (Å²) in [7, 11) is 1.67. The van der Waals surface area contributed by atoms with Crippen LogP contribution >= 0.6 is 0 Å². The van der Waals surface area contributed by atoms with Crippen LogP contribution in [0.5, 0.6) is 5.75 Å². The number of benzene rings is 3. The van der Waals surface area contributed by atoms with Gasteiger partial charge in [-0.25, -0.2) is 9.97 Å². The molecule has 158 valence electrons. The highest BCUT2D eigenvalue weighted by molar-refractivity contribution is 5.73. The lowest BCUT2D eigenvalue weighted by Crippen LogP contribution is -1.89. The number of hydrogen-bond donors (Lipinski definition) is 2. The van der Waals surface area contributed by atoms with Crippen molar-refractivity contribution in [1.82, 2.24) is 19.9 Å². The molecule has 0 unspecified atom stereocenters. The van der Waals surface area contributed by atoms with Crippen molar-refractivity contribution in [2.45, 2.75) is 13.3 Å². The number of nitrogens with zero attached hydrogens (tertiary/aromatic N) is 2. The normalized spacial score (nSPS) is 10.9. The number of ether oxygens (including phenoxy) is 1. The molecule has 0 amide bonds. The Morgan fingerprint density at radius 1 is 0.719 bits per heavy atom. The average Bonchev–Trinajstić information content (AvgIpc) is 3.54. The molecule has 2 heterocycles.